The first-order chi connectivity index (χ1) is 19.4. The smallest absolute Gasteiger partial charge is 0.270 e. The highest BCUT2D eigenvalue weighted by Crippen LogP contribution is 2.47. The molecule has 0 saturated carbocycles. The molecule has 1 spiro atoms. The fourth-order valence-corrected chi connectivity index (χ4v) is 6.03. The summed E-state index contributed by atoms with van der Waals surface area (Å²) >= 11 is 0. The molecule has 2 N–H and O–H groups in total. The third-order valence-electron chi connectivity index (χ3n) is 7.69. The average Bonchev–Trinajstić information content (AvgIpc) is 3.49. The van der Waals surface area contributed by atoms with E-state index in [1.54, 1.807) is 6.08 Å². The molecule has 41 heavy (non-hydrogen) atoms. The summed E-state index contributed by atoms with van der Waals surface area (Å²) in [6.45, 7) is 13.3. The summed E-state index contributed by atoms with van der Waals surface area (Å²) < 4.78 is 0. The van der Waals surface area contributed by atoms with Gasteiger partial charge in [-0.05, 0) is 67.8 Å². The van der Waals surface area contributed by atoms with Crippen LogP contribution in [0.25, 0.3) is 0 Å². The predicted molar refractivity (Wildman–Crippen MR) is 169 cm³/mol. The minimum atomic E-state index is -0.628. The third-order valence-corrected chi connectivity index (χ3v) is 8.05. The maximum atomic E-state index is 12.9. The Morgan fingerprint density at radius 2 is 1.93 bits per heavy atom. The number of amides is 3. The van der Waals surface area contributed by atoms with Crippen LogP contribution in [0.2, 0.25) is 0 Å². The molecule has 0 bridgehead atoms. The predicted octanol–water partition coefficient (Wildman–Crippen LogP) is 4.64. The van der Waals surface area contributed by atoms with Gasteiger partial charge in [0, 0.05) is 17.3 Å². The number of allylic oxidation sites excluding steroid dienone is 4. The third kappa shape index (κ3) is 6.41. The zero-order valence-corrected chi connectivity index (χ0v) is 25.6. The van der Waals surface area contributed by atoms with Crippen molar-refractivity contribution in [1.82, 2.24) is 10.2 Å². The number of carbonyl (C=O) groups excluding carboxylic acids is 3. The topological polar surface area (TPSA) is 90.9 Å². The maximum absolute atomic E-state index is 12.9. The molecule has 1 aliphatic carbocycles. The van der Waals surface area contributed by atoms with Crippen molar-refractivity contribution in [2.24, 2.45) is 16.3 Å². The molecular weight excluding hydrogens is 531 g/mol. The molecule has 0 radical (unpaired) electrons. The van der Waals surface area contributed by atoms with E-state index in [0.29, 0.717) is 24.2 Å². The van der Waals surface area contributed by atoms with Crippen LogP contribution in [-0.2, 0) is 27.2 Å². The summed E-state index contributed by atoms with van der Waals surface area (Å²) in [7, 11) is 2.66. The lowest BCUT2D eigenvalue weighted by atomic mass is 9.78. The van der Waals surface area contributed by atoms with Gasteiger partial charge < -0.3 is 15.5 Å². The normalized spacial score (nSPS) is 21.3. The van der Waals surface area contributed by atoms with E-state index in [-0.39, 0.29) is 36.3 Å². The van der Waals surface area contributed by atoms with Crippen LogP contribution in [0.3, 0.4) is 0 Å². The minimum absolute atomic E-state index is 0.00740. The van der Waals surface area contributed by atoms with Gasteiger partial charge in [-0.25, -0.2) is 0 Å². The van der Waals surface area contributed by atoms with Crippen LogP contribution in [-0.4, -0.2) is 41.0 Å². The zero-order valence-electron chi connectivity index (χ0n) is 24.5. The van der Waals surface area contributed by atoms with Crippen LogP contribution < -0.4 is 15.9 Å². The van der Waals surface area contributed by atoms with Crippen molar-refractivity contribution in [3.8, 4) is 0 Å². The van der Waals surface area contributed by atoms with Gasteiger partial charge in [0.15, 0.2) is 0 Å². The number of aliphatic imine (C=N–C) groups is 1. The van der Waals surface area contributed by atoms with Gasteiger partial charge in [0.25, 0.3) is 5.91 Å². The van der Waals surface area contributed by atoms with E-state index in [2.05, 4.69) is 62.6 Å². The van der Waals surface area contributed by atoms with E-state index < -0.39 is 5.41 Å². The molecule has 3 aliphatic rings. The number of rotatable bonds is 6. The van der Waals surface area contributed by atoms with Gasteiger partial charge in [-0.1, -0.05) is 74.5 Å². The number of aryl methyl sites for hydroxylation is 1. The molecule has 214 valence electrons. The van der Waals surface area contributed by atoms with Gasteiger partial charge in [0.2, 0.25) is 11.8 Å². The molecule has 2 aliphatic heterocycles. The van der Waals surface area contributed by atoms with Crippen molar-refractivity contribution in [2.45, 2.75) is 53.6 Å². The average molecular weight is 571 g/mol. The number of fused-ring (bicyclic) bond motifs is 1. The highest BCUT2D eigenvalue weighted by Gasteiger charge is 2.50. The van der Waals surface area contributed by atoms with E-state index in [9.17, 15) is 14.4 Å². The first-order valence-corrected chi connectivity index (χ1v) is 14.5. The largest absolute Gasteiger partial charge is 0.329 e. The monoisotopic (exact) mass is 570 g/mol. The van der Waals surface area contributed by atoms with Crippen molar-refractivity contribution in [2.75, 3.05) is 11.9 Å². The Kier molecular flexibility index (Phi) is 9.08. The van der Waals surface area contributed by atoms with Crippen molar-refractivity contribution in [1.29, 1.82) is 0 Å². The summed E-state index contributed by atoms with van der Waals surface area (Å²) in [6, 6.07) is 14.1. The summed E-state index contributed by atoms with van der Waals surface area (Å²) in [5.41, 5.74) is 5.84. The van der Waals surface area contributed by atoms with Crippen molar-refractivity contribution in [3.63, 3.8) is 0 Å². The molecule has 0 fully saturated rings. The van der Waals surface area contributed by atoms with E-state index in [0.717, 1.165) is 22.4 Å². The molecule has 2 aromatic rings. The summed E-state index contributed by atoms with van der Waals surface area (Å²) in [5.74, 6) is -0.424. The van der Waals surface area contributed by atoms with Gasteiger partial charge in [-0.15, -0.1) is 9.24 Å². The van der Waals surface area contributed by atoms with E-state index >= 15 is 0 Å². The maximum Gasteiger partial charge on any atom is 0.270 e. The Hall–Kier alpha value is -3.83. The molecule has 8 heteroatoms. The fourth-order valence-electron chi connectivity index (χ4n) is 5.66. The number of carbonyl (C=O) groups is 3. The minimum Gasteiger partial charge on any atom is -0.329 e. The van der Waals surface area contributed by atoms with Crippen LogP contribution in [0, 0.1) is 18.3 Å². The van der Waals surface area contributed by atoms with E-state index in [1.165, 1.54) is 15.8 Å². The number of nitrogens with zero attached hydrogens (tertiary/aromatic N) is 2. The lowest BCUT2D eigenvalue weighted by molar-refractivity contribution is -0.129. The zero-order chi connectivity index (χ0) is 29.9. The molecule has 0 aromatic heterocycles. The van der Waals surface area contributed by atoms with Crippen LogP contribution in [0.1, 0.15) is 44.4 Å². The SMILES string of the molecule is C=C/C=C\C1=C(C)NC(=O)C12Cc1ccc(NC(=O)CN3C(=O)C(C(C)C)=NC3C)cc1C2.Cc1cccc(P)c1. The number of benzene rings is 2. The molecule has 3 amide bonds. The summed E-state index contributed by atoms with van der Waals surface area (Å²) in [6.07, 6.45) is 6.35. The van der Waals surface area contributed by atoms with Crippen LogP contribution in [0.15, 0.2) is 83.5 Å². The molecule has 2 aromatic carbocycles. The van der Waals surface area contributed by atoms with Crippen molar-refractivity contribution >= 4 is 43.7 Å². The molecule has 7 nitrogen and oxygen atoms in total. The highest BCUT2D eigenvalue weighted by atomic mass is 31.0. The fraction of sp³-hybridized carbons (Fsp3) is 0.333. The van der Waals surface area contributed by atoms with Crippen molar-refractivity contribution in [3.05, 3.63) is 95.2 Å². The van der Waals surface area contributed by atoms with Crippen LogP contribution in [0.4, 0.5) is 5.69 Å². The second-order valence-electron chi connectivity index (χ2n) is 11.2. The molecule has 3 atom stereocenters. The number of anilines is 1. The van der Waals surface area contributed by atoms with Gasteiger partial charge >= 0.3 is 0 Å². The Morgan fingerprint density at radius 1 is 1.20 bits per heavy atom. The van der Waals surface area contributed by atoms with Gasteiger partial charge in [-0.3, -0.25) is 19.4 Å². The summed E-state index contributed by atoms with van der Waals surface area (Å²) in [4.78, 5) is 44.1. The quantitative estimate of drug-likeness (QED) is 0.392. The Balaban J connectivity index is 0.000000417. The summed E-state index contributed by atoms with van der Waals surface area (Å²) in [5, 5.41) is 7.15. The van der Waals surface area contributed by atoms with E-state index in [1.807, 2.05) is 58.0 Å². The van der Waals surface area contributed by atoms with Gasteiger partial charge in [-0.2, -0.15) is 0 Å². The lowest BCUT2D eigenvalue weighted by Gasteiger charge is -2.22. The standard InChI is InChI=1S/C26H30N4O3.C7H9P/c1-6-7-8-21-16(4)27-25(33)26(21)12-18-9-10-20(11-19(18)13-26)29-22(31)14-30-17(5)28-23(15(2)3)24(30)32;1-6-3-2-4-7(8)5-6/h6-11,15,17H,1,12-14H2,2-5H3,(H,27,33)(H,29,31);2-5H,8H2,1H3/b8-7-;. The number of hydrogen-bond donors (Lipinski definition) is 2. The Bertz CT molecular complexity index is 1470. The molecule has 5 rings (SSSR count). The molecule has 0 saturated heterocycles. The molecule has 3 unspecified atom stereocenters. The van der Waals surface area contributed by atoms with Crippen LogP contribution in [0.5, 0.6) is 0 Å². The first kappa shape index (κ1) is 30.1. The van der Waals surface area contributed by atoms with Gasteiger partial charge in [0.05, 0.1) is 5.41 Å². The second kappa shape index (κ2) is 12.4. The number of nitrogens with one attached hydrogen (secondary N) is 2. The van der Waals surface area contributed by atoms with Crippen molar-refractivity contribution < 1.29 is 14.4 Å². The van der Waals surface area contributed by atoms with Gasteiger partial charge in [0.1, 0.15) is 18.4 Å². The second-order valence-corrected chi connectivity index (χ2v) is 11.9. The highest BCUT2D eigenvalue weighted by molar-refractivity contribution is 7.27. The lowest BCUT2D eigenvalue weighted by Crippen LogP contribution is -2.41. The molecule has 2 heterocycles. The van der Waals surface area contributed by atoms with E-state index in [4.69, 9.17) is 0 Å². The first-order valence-electron chi connectivity index (χ1n) is 13.9. The van der Waals surface area contributed by atoms with Crippen LogP contribution >= 0.6 is 9.24 Å². The number of hydrogen-bond acceptors (Lipinski definition) is 4. The Labute approximate surface area is 245 Å². The molecular formula is C33H39N4O3P. The Morgan fingerprint density at radius 3 is 2.54 bits per heavy atom.